The second-order valence-electron chi connectivity index (χ2n) is 7.25. The molecule has 1 fully saturated rings. The number of hydrogen-bond donors (Lipinski definition) is 1. The van der Waals surface area contributed by atoms with Gasteiger partial charge in [-0.05, 0) is 42.5 Å². The van der Waals surface area contributed by atoms with E-state index in [2.05, 4.69) is 31.3 Å². The van der Waals surface area contributed by atoms with E-state index in [-0.39, 0.29) is 23.8 Å². The van der Waals surface area contributed by atoms with Crippen molar-refractivity contribution in [3.63, 3.8) is 0 Å². The van der Waals surface area contributed by atoms with Crippen molar-refractivity contribution in [1.29, 1.82) is 0 Å². The summed E-state index contributed by atoms with van der Waals surface area (Å²) >= 11 is 0. The van der Waals surface area contributed by atoms with Gasteiger partial charge < -0.3 is 10.2 Å². The number of nitrogens with zero attached hydrogens (tertiary/aromatic N) is 1. The Hall–Kier alpha value is -2.62. The maximum atomic E-state index is 13.1. The zero-order valence-electron chi connectivity index (χ0n) is 15.6. The van der Waals surface area contributed by atoms with E-state index >= 15 is 0 Å². The van der Waals surface area contributed by atoms with Crippen LogP contribution in [0.3, 0.4) is 0 Å². The number of carbonyl (C=O) groups is 2. The summed E-state index contributed by atoms with van der Waals surface area (Å²) in [5.74, 6) is 0.732. The lowest BCUT2D eigenvalue weighted by molar-refractivity contribution is -0.135. The Morgan fingerprint density at radius 3 is 2.46 bits per heavy atom. The van der Waals surface area contributed by atoms with Crippen LogP contribution >= 0.6 is 0 Å². The molecule has 0 spiro atoms. The smallest absolute Gasteiger partial charge is 0.226 e. The third kappa shape index (κ3) is 4.31. The van der Waals surface area contributed by atoms with E-state index in [1.807, 2.05) is 47.4 Å². The monoisotopic (exact) mass is 350 g/mol. The fourth-order valence-electron chi connectivity index (χ4n) is 3.32. The minimum Gasteiger partial charge on any atom is -0.331 e. The lowest BCUT2D eigenvalue weighted by Gasteiger charge is -2.30. The van der Waals surface area contributed by atoms with Gasteiger partial charge in [-0.2, -0.15) is 0 Å². The van der Waals surface area contributed by atoms with Crippen LogP contribution in [0.1, 0.15) is 44.4 Å². The predicted molar refractivity (Wildman–Crippen MR) is 103 cm³/mol. The number of hydrogen-bond acceptors (Lipinski definition) is 2. The fraction of sp³-hybridized carbons (Fsp3) is 0.364. The molecule has 1 N–H and O–H groups in total. The molecule has 0 aromatic heterocycles. The summed E-state index contributed by atoms with van der Waals surface area (Å²) in [7, 11) is 0. The molecule has 0 bridgehead atoms. The minimum absolute atomic E-state index is 0.0655. The SMILES string of the molecule is CC(=O)Nc1cccc(C(C)N(Cc2ccccc2)C(=O)C2CC2C)c1. The summed E-state index contributed by atoms with van der Waals surface area (Å²) < 4.78 is 0. The van der Waals surface area contributed by atoms with E-state index < -0.39 is 0 Å². The van der Waals surface area contributed by atoms with Crippen LogP contribution in [0, 0.1) is 11.8 Å². The normalized spacial score (nSPS) is 19.5. The van der Waals surface area contributed by atoms with Gasteiger partial charge in [0.15, 0.2) is 0 Å². The van der Waals surface area contributed by atoms with E-state index in [0.29, 0.717) is 12.5 Å². The van der Waals surface area contributed by atoms with Gasteiger partial charge in [0, 0.05) is 25.1 Å². The zero-order valence-corrected chi connectivity index (χ0v) is 15.6. The van der Waals surface area contributed by atoms with E-state index in [1.54, 1.807) is 0 Å². The van der Waals surface area contributed by atoms with Gasteiger partial charge in [0.2, 0.25) is 11.8 Å². The molecule has 136 valence electrons. The minimum atomic E-state index is -0.0983. The summed E-state index contributed by atoms with van der Waals surface area (Å²) in [6.45, 7) is 6.27. The highest BCUT2D eigenvalue weighted by atomic mass is 16.2. The quantitative estimate of drug-likeness (QED) is 0.840. The summed E-state index contributed by atoms with van der Waals surface area (Å²) in [5, 5.41) is 2.82. The summed E-state index contributed by atoms with van der Waals surface area (Å²) in [6.07, 6.45) is 0.975. The molecule has 3 unspecified atom stereocenters. The van der Waals surface area contributed by atoms with Crippen molar-refractivity contribution in [3.05, 3.63) is 65.7 Å². The average Bonchev–Trinajstić information content (AvgIpc) is 3.36. The highest BCUT2D eigenvalue weighted by Crippen LogP contribution is 2.41. The molecular weight excluding hydrogens is 324 g/mol. The Labute approximate surface area is 155 Å². The van der Waals surface area contributed by atoms with Crippen LogP contribution in [0.25, 0.3) is 0 Å². The maximum Gasteiger partial charge on any atom is 0.226 e. The first-order valence-corrected chi connectivity index (χ1v) is 9.17. The van der Waals surface area contributed by atoms with Crippen LogP contribution in [-0.2, 0) is 16.1 Å². The molecule has 2 aromatic rings. The summed E-state index contributed by atoms with van der Waals surface area (Å²) in [4.78, 5) is 26.4. The van der Waals surface area contributed by atoms with Crippen molar-refractivity contribution < 1.29 is 9.59 Å². The Morgan fingerprint density at radius 2 is 1.85 bits per heavy atom. The maximum absolute atomic E-state index is 13.1. The molecule has 1 saturated carbocycles. The van der Waals surface area contributed by atoms with Crippen molar-refractivity contribution in [2.45, 2.75) is 39.8 Å². The molecule has 2 aromatic carbocycles. The van der Waals surface area contributed by atoms with Gasteiger partial charge >= 0.3 is 0 Å². The van der Waals surface area contributed by atoms with E-state index in [4.69, 9.17) is 0 Å². The standard InChI is InChI=1S/C22H26N2O2/c1-15-12-21(15)22(26)24(14-18-8-5-4-6-9-18)16(2)19-10-7-11-20(13-19)23-17(3)25/h4-11,13,15-16,21H,12,14H2,1-3H3,(H,23,25). The van der Waals surface area contributed by atoms with Gasteiger partial charge in [-0.3, -0.25) is 9.59 Å². The molecule has 26 heavy (non-hydrogen) atoms. The first kappa shape index (κ1) is 18.2. The third-order valence-corrected chi connectivity index (χ3v) is 5.06. The number of nitrogens with one attached hydrogen (secondary N) is 1. The Bertz CT molecular complexity index is 788. The largest absolute Gasteiger partial charge is 0.331 e. The second kappa shape index (κ2) is 7.73. The molecule has 2 amide bonds. The van der Waals surface area contributed by atoms with Gasteiger partial charge in [0.25, 0.3) is 0 Å². The molecule has 0 saturated heterocycles. The lowest BCUT2D eigenvalue weighted by Crippen LogP contribution is -2.34. The van der Waals surface area contributed by atoms with Crippen LogP contribution in [-0.4, -0.2) is 16.7 Å². The average molecular weight is 350 g/mol. The number of anilines is 1. The number of benzene rings is 2. The molecule has 3 atom stereocenters. The van der Waals surface area contributed by atoms with Crippen LogP contribution in [0.2, 0.25) is 0 Å². The van der Waals surface area contributed by atoms with Gasteiger partial charge in [-0.1, -0.05) is 49.4 Å². The van der Waals surface area contributed by atoms with Crippen molar-refractivity contribution in [2.75, 3.05) is 5.32 Å². The van der Waals surface area contributed by atoms with Gasteiger partial charge in [-0.25, -0.2) is 0 Å². The Kier molecular flexibility index (Phi) is 5.40. The molecule has 4 heteroatoms. The molecule has 0 aliphatic heterocycles. The molecule has 1 aliphatic rings. The number of carbonyl (C=O) groups excluding carboxylic acids is 2. The third-order valence-electron chi connectivity index (χ3n) is 5.06. The number of amides is 2. The fourth-order valence-corrected chi connectivity index (χ4v) is 3.32. The van der Waals surface area contributed by atoms with E-state index in [9.17, 15) is 9.59 Å². The predicted octanol–water partition coefficient (Wildman–Crippen LogP) is 4.39. The first-order chi connectivity index (χ1) is 12.5. The lowest BCUT2D eigenvalue weighted by atomic mass is 10.0. The first-order valence-electron chi connectivity index (χ1n) is 9.17. The van der Waals surface area contributed by atoms with Crippen molar-refractivity contribution in [1.82, 2.24) is 4.90 Å². The molecule has 4 nitrogen and oxygen atoms in total. The molecule has 0 heterocycles. The summed E-state index contributed by atoms with van der Waals surface area (Å²) in [6, 6.07) is 17.8. The summed E-state index contributed by atoms with van der Waals surface area (Å²) in [5.41, 5.74) is 2.90. The second-order valence-corrected chi connectivity index (χ2v) is 7.25. The van der Waals surface area contributed by atoms with Gasteiger partial charge in [0.05, 0.1) is 6.04 Å². The molecule has 3 rings (SSSR count). The van der Waals surface area contributed by atoms with Crippen molar-refractivity contribution in [3.8, 4) is 0 Å². The molecular formula is C22H26N2O2. The number of rotatable bonds is 6. The topological polar surface area (TPSA) is 49.4 Å². The molecule has 1 aliphatic carbocycles. The van der Waals surface area contributed by atoms with Crippen LogP contribution in [0.15, 0.2) is 54.6 Å². The van der Waals surface area contributed by atoms with Crippen LogP contribution in [0.4, 0.5) is 5.69 Å². The van der Waals surface area contributed by atoms with Crippen molar-refractivity contribution >= 4 is 17.5 Å². The van der Waals surface area contributed by atoms with Crippen molar-refractivity contribution in [2.24, 2.45) is 11.8 Å². The van der Waals surface area contributed by atoms with Crippen LogP contribution in [0.5, 0.6) is 0 Å². The van der Waals surface area contributed by atoms with Crippen LogP contribution < -0.4 is 5.32 Å². The molecule has 0 radical (unpaired) electrons. The van der Waals surface area contributed by atoms with Gasteiger partial charge in [0.1, 0.15) is 0 Å². The van der Waals surface area contributed by atoms with E-state index in [0.717, 1.165) is 23.2 Å². The Balaban J connectivity index is 1.85. The van der Waals surface area contributed by atoms with E-state index in [1.165, 1.54) is 6.92 Å². The highest BCUT2D eigenvalue weighted by Gasteiger charge is 2.42. The highest BCUT2D eigenvalue weighted by molar-refractivity contribution is 5.88. The zero-order chi connectivity index (χ0) is 18.7. The Morgan fingerprint density at radius 1 is 1.15 bits per heavy atom. The van der Waals surface area contributed by atoms with Gasteiger partial charge in [-0.15, -0.1) is 0 Å².